The first-order valence-corrected chi connectivity index (χ1v) is 9.93. The molecular formula is C21H22N4O6. The molecule has 2 aromatic rings. The van der Waals surface area contributed by atoms with Crippen LogP contribution in [0.3, 0.4) is 0 Å². The van der Waals surface area contributed by atoms with Crippen molar-refractivity contribution in [2.45, 2.75) is 42.9 Å². The van der Waals surface area contributed by atoms with Crippen molar-refractivity contribution in [2.75, 3.05) is 7.11 Å². The van der Waals surface area contributed by atoms with Crippen molar-refractivity contribution in [3.05, 3.63) is 79.9 Å². The third-order valence-electron chi connectivity index (χ3n) is 6.01. The topological polar surface area (TPSA) is 137 Å². The first kappa shape index (κ1) is 20.9. The maximum absolute atomic E-state index is 12.6. The quantitative estimate of drug-likeness (QED) is 0.270. The number of rotatable bonds is 9. The Kier molecular flexibility index (Phi) is 5.19. The van der Waals surface area contributed by atoms with Crippen molar-refractivity contribution >= 4 is 17.3 Å². The van der Waals surface area contributed by atoms with Gasteiger partial charge in [-0.1, -0.05) is 36.4 Å². The van der Waals surface area contributed by atoms with Gasteiger partial charge in [-0.05, 0) is 25.7 Å². The lowest BCUT2D eigenvalue weighted by molar-refractivity contribution is -0.386. The fourth-order valence-corrected chi connectivity index (χ4v) is 4.13. The maximum atomic E-state index is 12.6. The molecule has 2 aromatic carbocycles. The van der Waals surface area contributed by atoms with E-state index in [9.17, 15) is 25.0 Å². The maximum Gasteiger partial charge on any atom is 0.337 e. The number of nitrogens with one attached hydrogen (secondary N) is 2. The van der Waals surface area contributed by atoms with Crippen LogP contribution in [0.1, 0.15) is 36.8 Å². The summed E-state index contributed by atoms with van der Waals surface area (Å²) in [5, 5.41) is 29.5. The van der Waals surface area contributed by atoms with E-state index in [1.807, 2.05) is 0 Å². The van der Waals surface area contributed by atoms with E-state index in [0.717, 1.165) is 0 Å². The Hall–Kier alpha value is -3.37. The van der Waals surface area contributed by atoms with Crippen molar-refractivity contribution < 1.29 is 19.4 Å². The molecule has 2 saturated carbocycles. The molecule has 0 atom stereocenters. The summed E-state index contributed by atoms with van der Waals surface area (Å²) in [5.74, 6) is -0.588. The zero-order valence-electron chi connectivity index (χ0n) is 16.9. The SMILES string of the molecule is COC(=O)C(NC1(c2ccccc2[N+](=O)[O-])CC1)NC1(c2ccccc2[N+](=O)[O-])CC1. The minimum Gasteiger partial charge on any atom is -0.467 e. The second-order valence-electron chi connectivity index (χ2n) is 7.96. The Morgan fingerprint density at radius 2 is 1.26 bits per heavy atom. The van der Waals surface area contributed by atoms with Gasteiger partial charge in [0, 0.05) is 23.3 Å². The Morgan fingerprint density at radius 3 is 1.58 bits per heavy atom. The Balaban J connectivity index is 1.64. The summed E-state index contributed by atoms with van der Waals surface area (Å²) in [6.07, 6.45) is 1.48. The van der Waals surface area contributed by atoms with Crippen LogP contribution in [-0.4, -0.2) is 29.1 Å². The van der Waals surface area contributed by atoms with Gasteiger partial charge in [-0.3, -0.25) is 30.9 Å². The molecule has 4 rings (SSSR count). The molecule has 2 aliphatic rings. The van der Waals surface area contributed by atoms with E-state index in [-0.39, 0.29) is 11.4 Å². The lowest BCUT2D eigenvalue weighted by Crippen LogP contribution is -2.56. The van der Waals surface area contributed by atoms with E-state index in [1.54, 1.807) is 36.4 Å². The standard InChI is InChI=1S/C21H22N4O6/c1-31-19(26)18(22-20(10-11-20)14-6-2-4-8-16(14)24(27)28)23-21(12-13-21)15-7-3-5-9-17(15)25(29)30/h2-9,18,22-23H,10-13H2,1H3. The van der Waals surface area contributed by atoms with Crippen LogP contribution in [0.15, 0.2) is 48.5 Å². The number of hydrogen-bond donors (Lipinski definition) is 2. The molecule has 0 aliphatic heterocycles. The summed E-state index contributed by atoms with van der Waals surface area (Å²) < 4.78 is 4.96. The molecule has 2 aliphatic carbocycles. The molecule has 0 amide bonds. The van der Waals surface area contributed by atoms with Crippen molar-refractivity contribution in [3.63, 3.8) is 0 Å². The zero-order chi connectivity index (χ0) is 22.2. The summed E-state index contributed by atoms with van der Waals surface area (Å²) in [6, 6.07) is 12.9. The largest absolute Gasteiger partial charge is 0.467 e. The van der Waals surface area contributed by atoms with Gasteiger partial charge in [-0.2, -0.15) is 0 Å². The van der Waals surface area contributed by atoms with Crippen molar-refractivity contribution in [1.29, 1.82) is 0 Å². The summed E-state index contributed by atoms with van der Waals surface area (Å²) in [4.78, 5) is 34.7. The van der Waals surface area contributed by atoms with Crippen LogP contribution in [-0.2, 0) is 20.6 Å². The molecule has 0 aromatic heterocycles. The summed E-state index contributed by atoms with van der Waals surface area (Å²) in [5.41, 5.74) is -0.507. The number of nitrogens with zero attached hydrogens (tertiary/aromatic N) is 2. The van der Waals surface area contributed by atoms with E-state index in [1.165, 1.54) is 19.2 Å². The number of methoxy groups -OCH3 is 1. The van der Waals surface area contributed by atoms with E-state index < -0.39 is 33.1 Å². The van der Waals surface area contributed by atoms with Crippen LogP contribution in [0.4, 0.5) is 11.4 Å². The summed E-state index contributed by atoms with van der Waals surface area (Å²) in [7, 11) is 1.26. The number of esters is 1. The van der Waals surface area contributed by atoms with Crippen LogP contribution in [0.5, 0.6) is 0 Å². The average molecular weight is 426 g/mol. The summed E-state index contributed by atoms with van der Waals surface area (Å²) >= 11 is 0. The normalized spacial score (nSPS) is 17.7. The monoisotopic (exact) mass is 426 g/mol. The number of carbonyl (C=O) groups is 1. The lowest BCUT2D eigenvalue weighted by atomic mass is 10.0. The molecule has 10 nitrogen and oxygen atoms in total. The third-order valence-corrected chi connectivity index (χ3v) is 6.01. The number of ether oxygens (including phenoxy) is 1. The van der Waals surface area contributed by atoms with Gasteiger partial charge >= 0.3 is 5.97 Å². The van der Waals surface area contributed by atoms with E-state index in [2.05, 4.69) is 10.6 Å². The van der Waals surface area contributed by atoms with Gasteiger partial charge in [0.2, 0.25) is 0 Å². The van der Waals surface area contributed by atoms with Gasteiger partial charge < -0.3 is 4.74 Å². The van der Waals surface area contributed by atoms with Gasteiger partial charge in [0.15, 0.2) is 6.17 Å². The summed E-state index contributed by atoms with van der Waals surface area (Å²) in [6.45, 7) is 0. The van der Waals surface area contributed by atoms with Crippen molar-refractivity contribution in [1.82, 2.24) is 10.6 Å². The number of nitro groups is 2. The van der Waals surface area contributed by atoms with E-state index in [0.29, 0.717) is 36.8 Å². The van der Waals surface area contributed by atoms with Gasteiger partial charge in [0.05, 0.1) is 28.0 Å². The Labute approximate surface area is 177 Å². The number of nitro benzene ring substituents is 2. The highest BCUT2D eigenvalue weighted by atomic mass is 16.6. The molecule has 2 fully saturated rings. The molecule has 10 heteroatoms. The third kappa shape index (κ3) is 3.87. The van der Waals surface area contributed by atoms with Crippen LogP contribution in [0, 0.1) is 20.2 Å². The molecular weight excluding hydrogens is 404 g/mol. The molecule has 0 unspecified atom stereocenters. The van der Waals surface area contributed by atoms with Gasteiger partial charge in [-0.25, -0.2) is 4.79 Å². The molecule has 0 heterocycles. The molecule has 162 valence electrons. The minimum absolute atomic E-state index is 0.0176. The smallest absolute Gasteiger partial charge is 0.337 e. The highest BCUT2D eigenvalue weighted by Gasteiger charge is 2.54. The molecule has 0 spiro atoms. The lowest BCUT2D eigenvalue weighted by Gasteiger charge is -2.29. The van der Waals surface area contributed by atoms with Crippen LogP contribution in [0.25, 0.3) is 0 Å². The van der Waals surface area contributed by atoms with Gasteiger partial charge in [0.1, 0.15) is 0 Å². The fraction of sp³-hybridized carbons (Fsp3) is 0.381. The number of benzene rings is 2. The number of para-hydroxylation sites is 2. The minimum atomic E-state index is -0.991. The average Bonchev–Trinajstić information content (AvgIpc) is 3.70. The van der Waals surface area contributed by atoms with Crippen molar-refractivity contribution in [2.24, 2.45) is 0 Å². The highest BCUT2D eigenvalue weighted by molar-refractivity contribution is 5.76. The number of hydrogen-bond acceptors (Lipinski definition) is 8. The molecule has 2 N–H and O–H groups in total. The van der Waals surface area contributed by atoms with Crippen molar-refractivity contribution in [3.8, 4) is 0 Å². The highest BCUT2D eigenvalue weighted by Crippen LogP contribution is 2.51. The van der Waals surface area contributed by atoms with Gasteiger partial charge in [0.25, 0.3) is 11.4 Å². The van der Waals surface area contributed by atoms with Gasteiger partial charge in [-0.15, -0.1) is 0 Å². The van der Waals surface area contributed by atoms with Crippen LogP contribution < -0.4 is 10.6 Å². The van der Waals surface area contributed by atoms with E-state index >= 15 is 0 Å². The second kappa shape index (κ2) is 7.71. The Bertz CT molecular complexity index is 972. The Morgan fingerprint density at radius 1 is 0.871 bits per heavy atom. The molecule has 0 bridgehead atoms. The molecule has 31 heavy (non-hydrogen) atoms. The first-order valence-electron chi connectivity index (χ1n) is 9.93. The molecule has 0 saturated heterocycles. The predicted molar refractivity (Wildman–Crippen MR) is 110 cm³/mol. The molecule has 0 radical (unpaired) electrons. The predicted octanol–water partition coefficient (Wildman–Crippen LogP) is 2.86. The van der Waals surface area contributed by atoms with Crippen LogP contribution in [0.2, 0.25) is 0 Å². The first-order chi connectivity index (χ1) is 14.8. The van der Waals surface area contributed by atoms with E-state index in [4.69, 9.17) is 4.74 Å². The zero-order valence-corrected chi connectivity index (χ0v) is 16.9. The second-order valence-corrected chi connectivity index (χ2v) is 7.96. The fourth-order valence-electron chi connectivity index (χ4n) is 4.13. The van der Waals surface area contributed by atoms with Crippen LogP contribution >= 0.6 is 0 Å². The number of carbonyl (C=O) groups excluding carboxylic acids is 1.